The van der Waals surface area contributed by atoms with Gasteiger partial charge in [-0.05, 0) is 38.0 Å². The number of hydrogen-bond acceptors (Lipinski definition) is 3. The van der Waals surface area contributed by atoms with Crippen LogP contribution in [0.1, 0.15) is 43.9 Å². The van der Waals surface area contributed by atoms with E-state index >= 15 is 0 Å². The van der Waals surface area contributed by atoms with Crippen molar-refractivity contribution in [3.8, 4) is 0 Å². The maximum atomic E-state index is 4.61. The molecule has 1 aliphatic carbocycles. The molecule has 0 bridgehead atoms. The van der Waals surface area contributed by atoms with Gasteiger partial charge in [-0.25, -0.2) is 9.97 Å². The fourth-order valence-corrected chi connectivity index (χ4v) is 3.78. The summed E-state index contributed by atoms with van der Waals surface area (Å²) in [6.07, 6.45) is 9.19. The van der Waals surface area contributed by atoms with E-state index in [1.807, 2.05) is 0 Å². The summed E-state index contributed by atoms with van der Waals surface area (Å²) in [7, 11) is 0. The number of piperidine rings is 1. The Balaban J connectivity index is 1.88. The number of nitrogens with zero attached hydrogens (tertiary/aromatic N) is 3. The lowest BCUT2D eigenvalue weighted by molar-refractivity contribution is 0.453. The van der Waals surface area contributed by atoms with Crippen molar-refractivity contribution in [2.75, 3.05) is 18.0 Å². The summed E-state index contributed by atoms with van der Waals surface area (Å²) in [4.78, 5) is 12.2. The van der Waals surface area contributed by atoms with E-state index < -0.39 is 0 Å². The summed E-state index contributed by atoms with van der Waals surface area (Å²) in [5.41, 5.74) is 2.72. The van der Waals surface area contributed by atoms with Gasteiger partial charge < -0.3 is 4.90 Å². The zero-order valence-corrected chi connectivity index (χ0v) is 13.2. The van der Waals surface area contributed by atoms with E-state index in [0.29, 0.717) is 4.83 Å². The standard InChI is InChI=1S/C15H22BrN3/c1-11-7-8-19(9-13(11)16)15-12-5-3-2-4-6-14(12)17-10-18-15/h10-11,13H,2-9H2,1H3. The van der Waals surface area contributed by atoms with Gasteiger partial charge in [0.05, 0.1) is 0 Å². The van der Waals surface area contributed by atoms with E-state index in [1.54, 1.807) is 6.33 Å². The smallest absolute Gasteiger partial charge is 0.135 e. The topological polar surface area (TPSA) is 29.0 Å². The van der Waals surface area contributed by atoms with Gasteiger partial charge in [-0.1, -0.05) is 29.3 Å². The van der Waals surface area contributed by atoms with Crippen LogP contribution >= 0.6 is 15.9 Å². The highest BCUT2D eigenvalue weighted by Gasteiger charge is 2.27. The lowest BCUT2D eigenvalue weighted by Crippen LogP contribution is -2.41. The summed E-state index contributed by atoms with van der Waals surface area (Å²) in [6.45, 7) is 4.54. The van der Waals surface area contributed by atoms with E-state index in [9.17, 15) is 0 Å². The Hall–Kier alpha value is -0.640. The molecule has 2 atom stereocenters. The Morgan fingerprint density at radius 2 is 2.05 bits per heavy atom. The summed E-state index contributed by atoms with van der Waals surface area (Å²) >= 11 is 3.82. The molecule has 4 heteroatoms. The average molecular weight is 324 g/mol. The first-order valence-corrected chi connectivity index (χ1v) is 8.39. The number of alkyl halides is 1. The Labute approximate surface area is 124 Å². The lowest BCUT2D eigenvalue weighted by Gasteiger charge is -2.36. The van der Waals surface area contributed by atoms with Crippen LogP contribution in [-0.4, -0.2) is 27.9 Å². The average Bonchev–Trinajstić information content (AvgIpc) is 2.67. The lowest BCUT2D eigenvalue weighted by atomic mass is 9.98. The molecule has 1 aromatic rings. The molecular formula is C15H22BrN3. The third-order valence-corrected chi connectivity index (χ3v) is 5.71. The molecule has 0 spiro atoms. The molecule has 2 heterocycles. The van der Waals surface area contributed by atoms with Crippen molar-refractivity contribution >= 4 is 21.7 Å². The molecule has 1 aromatic heterocycles. The largest absolute Gasteiger partial charge is 0.355 e. The molecule has 0 saturated carbocycles. The third kappa shape index (κ3) is 2.78. The fraction of sp³-hybridized carbons (Fsp3) is 0.733. The number of halogens is 1. The van der Waals surface area contributed by atoms with E-state index in [0.717, 1.165) is 31.8 Å². The van der Waals surface area contributed by atoms with Crippen molar-refractivity contribution < 1.29 is 0 Å². The van der Waals surface area contributed by atoms with E-state index in [1.165, 1.54) is 42.8 Å². The molecule has 1 saturated heterocycles. The second-order valence-corrected chi connectivity index (χ2v) is 7.09. The van der Waals surface area contributed by atoms with Gasteiger partial charge in [0.15, 0.2) is 0 Å². The van der Waals surface area contributed by atoms with Gasteiger partial charge in [-0.2, -0.15) is 0 Å². The molecule has 0 N–H and O–H groups in total. The van der Waals surface area contributed by atoms with Crippen molar-refractivity contribution in [3.05, 3.63) is 17.6 Å². The van der Waals surface area contributed by atoms with Crippen LogP contribution in [0.4, 0.5) is 5.82 Å². The van der Waals surface area contributed by atoms with Crippen LogP contribution in [0.3, 0.4) is 0 Å². The van der Waals surface area contributed by atoms with Crippen LogP contribution in [0.25, 0.3) is 0 Å². The number of aromatic nitrogens is 2. The van der Waals surface area contributed by atoms with E-state index in [4.69, 9.17) is 0 Å². The molecule has 0 amide bonds. The second-order valence-electron chi connectivity index (χ2n) is 5.91. The van der Waals surface area contributed by atoms with Crippen LogP contribution in [0.15, 0.2) is 6.33 Å². The second kappa shape index (κ2) is 5.78. The van der Waals surface area contributed by atoms with Gasteiger partial charge in [0.25, 0.3) is 0 Å². The van der Waals surface area contributed by atoms with Gasteiger partial charge in [0, 0.05) is 29.2 Å². The maximum Gasteiger partial charge on any atom is 0.135 e. The molecule has 104 valence electrons. The first-order chi connectivity index (χ1) is 9.25. The van der Waals surface area contributed by atoms with Crippen LogP contribution in [-0.2, 0) is 12.8 Å². The van der Waals surface area contributed by atoms with Gasteiger partial charge >= 0.3 is 0 Å². The van der Waals surface area contributed by atoms with Crippen LogP contribution in [0.5, 0.6) is 0 Å². The van der Waals surface area contributed by atoms with E-state index in [2.05, 4.69) is 37.7 Å². The van der Waals surface area contributed by atoms with Gasteiger partial charge in [-0.15, -0.1) is 0 Å². The molecule has 2 aliphatic rings. The molecule has 1 fully saturated rings. The quantitative estimate of drug-likeness (QED) is 0.586. The Bertz CT molecular complexity index is 449. The Morgan fingerprint density at radius 1 is 1.21 bits per heavy atom. The molecule has 1 aliphatic heterocycles. The molecule has 3 rings (SSSR count). The molecule has 2 unspecified atom stereocenters. The van der Waals surface area contributed by atoms with Gasteiger partial charge in [0.2, 0.25) is 0 Å². The SMILES string of the molecule is CC1CCN(c2ncnc3c2CCCCC3)CC1Br. The number of anilines is 1. The van der Waals surface area contributed by atoms with Crippen molar-refractivity contribution in [1.29, 1.82) is 0 Å². The number of rotatable bonds is 1. The minimum absolute atomic E-state index is 0.581. The molecule has 3 nitrogen and oxygen atoms in total. The summed E-state index contributed by atoms with van der Waals surface area (Å²) in [6, 6.07) is 0. The minimum atomic E-state index is 0.581. The summed E-state index contributed by atoms with van der Waals surface area (Å²) in [5.74, 6) is 1.97. The van der Waals surface area contributed by atoms with Crippen molar-refractivity contribution in [3.63, 3.8) is 0 Å². The molecular weight excluding hydrogens is 302 g/mol. The molecule has 0 radical (unpaired) electrons. The van der Waals surface area contributed by atoms with Crippen LogP contribution in [0, 0.1) is 5.92 Å². The van der Waals surface area contributed by atoms with Crippen molar-refractivity contribution in [1.82, 2.24) is 9.97 Å². The maximum absolute atomic E-state index is 4.61. The van der Waals surface area contributed by atoms with Crippen molar-refractivity contribution in [2.24, 2.45) is 5.92 Å². The van der Waals surface area contributed by atoms with Gasteiger partial charge in [0.1, 0.15) is 12.1 Å². The van der Waals surface area contributed by atoms with Gasteiger partial charge in [-0.3, -0.25) is 0 Å². The van der Waals surface area contributed by atoms with Crippen molar-refractivity contribution in [2.45, 2.75) is 50.3 Å². The molecule has 0 aromatic carbocycles. The third-order valence-electron chi connectivity index (χ3n) is 4.52. The summed E-state index contributed by atoms with van der Waals surface area (Å²) in [5, 5.41) is 0. The fourth-order valence-electron chi connectivity index (χ4n) is 3.17. The summed E-state index contributed by atoms with van der Waals surface area (Å²) < 4.78 is 0. The Morgan fingerprint density at radius 3 is 2.89 bits per heavy atom. The molecule has 19 heavy (non-hydrogen) atoms. The highest BCUT2D eigenvalue weighted by atomic mass is 79.9. The first kappa shape index (κ1) is 13.3. The number of aryl methyl sites for hydroxylation is 1. The predicted octanol–water partition coefficient (Wildman–Crippen LogP) is 3.36. The predicted molar refractivity (Wildman–Crippen MR) is 82.0 cm³/mol. The number of fused-ring (bicyclic) bond motifs is 1. The van der Waals surface area contributed by atoms with Crippen LogP contribution in [0.2, 0.25) is 0 Å². The zero-order valence-electron chi connectivity index (χ0n) is 11.6. The Kier molecular flexibility index (Phi) is 4.06. The highest BCUT2D eigenvalue weighted by molar-refractivity contribution is 9.09. The van der Waals surface area contributed by atoms with E-state index in [-0.39, 0.29) is 0 Å². The normalized spacial score (nSPS) is 27.8. The highest BCUT2D eigenvalue weighted by Crippen LogP contribution is 2.31. The first-order valence-electron chi connectivity index (χ1n) is 7.47. The monoisotopic (exact) mass is 323 g/mol. The number of hydrogen-bond donors (Lipinski definition) is 0. The van der Waals surface area contributed by atoms with Crippen LogP contribution < -0.4 is 4.90 Å². The minimum Gasteiger partial charge on any atom is -0.355 e. The zero-order chi connectivity index (χ0) is 13.2.